The number of ketones is 1. The van der Waals surface area contributed by atoms with E-state index >= 15 is 0 Å². The van der Waals surface area contributed by atoms with E-state index in [1.165, 1.54) is 11.3 Å². The standard InChI is InChI=1S/C14H20N2O3S/c1-4-19-6-5-11(18)16-13-15-9-7-14(2,3)8-10(17)12(9)20-13/h4-8H2,1-3H3,(H,15,16,18). The van der Waals surface area contributed by atoms with Gasteiger partial charge in [-0.3, -0.25) is 9.59 Å². The van der Waals surface area contributed by atoms with E-state index in [0.29, 0.717) is 36.1 Å². The van der Waals surface area contributed by atoms with Gasteiger partial charge in [-0.25, -0.2) is 4.98 Å². The van der Waals surface area contributed by atoms with E-state index in [9.17, 15) is 9.59 Å². The number of nitrogens with zero attached hydrogens (tertiary/aromatic N) is 1. The first kappa shape index (κ1) is 15.1. The molecular weight excluding hydrogens is 276 g/mol. The van der Waals surface area contributed by atoms with Gasteiger partial charge in [0.25, 0.3) is 0 Å². The van der Waals surface area contributed by atoms with Crippen LogP contribution in [0.15, 0.2) is 0 Å². The van der Waals surface area contributed by atoms with Crippen LogP contribution < -0.4 is 5.32 Å². The molecule has 1 aromatic rings. The highest BCUT2D eigenvalue weighted by Gasteiger charge is 2.34. The third-order valence-electron chi connectivity index (χ3n) is 3.16. The molecule has 5 nitrogen and oxygen atoms in total. The van der Waals surface area contributed by atoms with Crippen LogP contribution >= 0.6 is 11.3 Å². The molecule has 1 aromatic heterocycles. The Balaban J connectivity index is 2.02. The topological polar surface area (TPSA) is 68.3 Å². The summed E-state index contributed by atoms with van der Waals surface area (Å²) in [5.74, 6) is -0.000165. The maximum absolute atomic E-state index is 12.0. The Morgan fingerprint density at radius 3 is 2.90 bits per heavy atom. The molecule has 1 amide bonds. The normalized spacial score (nSPS) is 16.9. The van der Waals surface area contributed by atoms with E-state index in [0.717, 1.165) is 12.1 Å². The van der Waals surface area contributed by atoms with Crippen molar-refractivity contribution in [3.8, 4) is 0 Å². The zero-order chi connectivity index (χ0) is 14.8. The van der Waals surface area contributed by atoms with Crippen LogP contribution in [0.25, 0.3) is 0 Å². The molecule has 0 fully saturated rings. The molecule has 0 atom stereocenters. The van der Waals surface area contributed by atoms with Crippen LogP contribution in [0, 0.1) is 5.41 Å². The zero-order valence-electron chi connectivity index (χ0n) is 12.1. The van der Waals surface area contributed by atoms with Crippen molar-refractivity contribution in [2.45, 2.75) is 40.0 Å². The predicted octanol–water partition coefficient (Wildman–Crippen LogP) is 2.66. The van der Waals surface area contributed by atoms with Crippen LogP contribution in [0.3, 0.4) is 0 Å². The lowest BCUT2D eigenvalue weighted by molar-refractivity contribution is -0.117. The molecule has 110 valence electrons. The fourth-order valence-corrected chi connectivity index (χ4v) is 3.20. The van der Waals surface area contributed by atoms with Gasteiger partial charge >= 0.3 is 0 Å². The number of amides is 1. The number of carbonyl (C=O) groups is 2. The number of thiazole rings is 1. The van der Waals surface area contributed by atoms with Crippen molar-refractivity contribution in [3.63, 3.8) is 0 Å². The Bertz CT molecular complexity index is 522. The monoisotopic (exact) mass is 296 g/mol. The van der Waals surface area contributed by atoms with Gasteiger partial charge in [-0.1, -0.05) is 25.2 Å². The first-order chi connectivity index (χ1) is 9.41. The fourth-order valence-electron chi connectivity index (χ4n) is 2.26. The molecule has 1 aliphatic rings. The second-order valence-corrected chi connectivity index (χ2v) is 6.73. The number of fused-ring (bicyclic) bond motifs is 1. The Hall–Kier alpha value is -1.27. The molecular formula is C14H20N2O3S. The van der Waals surface area contributed by atoms with Gasteiger partial charge in [0.1, 0.15) is 0 Å². The van der Waals surface area contributed by atoms with Crippen LogP contribution in [-0.4, -0.2) is 29.9 Å². The summed E-state index contributed by atoms with van der Waals surface area (Å²) in [6, 6.07) is 0. The fraction of sp³-hybridized carbons (Fsp3) is 0.643. The highest BCUT2D eigenvalue weighted by atomic mass is 32.1. The van der Waals surface area contributed by atoms with Gasteiger partial charge < -0.3 is 10.1 Å². The number of ether oxygens (including phenoxy) is 1. The summed E-state index contributed by atoms with van der Waals surface area (Å²) >= 11 is 1.28. The minimum absolute atomic E-state index is 0.0472. The number of hydrogen-bond donors (Lipinski definition) is 1. The Kier molecular flexibility index (Phi) is 4.55. The molecule has 0 aromatic carbocycles. The van der Waals surface area contributed by atoms with E-state index in [-0.39, 0.29) is 17.1 Å². The maximum atomic E-state index is 12.0. The molecule has 0 saturated carbocycles. The minimum atomic E-state index is -0.128. The van der Waals surface area contributed by atoms with Gasteiger partial charge in [0.05, 0.1) is 23.6 Å². The van der Waals surface area contributed by atoms with E-state index in [1.807, 2.05) is 6.92 Å². The highest BCUT2D eigenvalue weighted by molar-refractivity contribution is 7.17. The molecule has 6 heteroatoms. The summed E-state index contributed by atoms with van der Waals surface area (Å²) in [4.78, 5) is 28.8. The van der Waals surface area contributed by atoms with Crippen LogP contribution in [0.4, 0.5) is 5.13 Å². The van der Waals surface area contributed by atoms with Crippen molar-refractivity contribution in [1.82, 2.24) is 4.98 Å². The molecule has 0 radical (unpaired) electrons. The maximum Gasteiger partial charge on any atom is 0.228 e. The molecule has 0 spiro atoms. The molecule has 0 bridgehead atoms. The van der Waals surface area contributed by atoms with Crippen molar-refractivity contribution >= 4 is 28.2 Å². The van der Waals surface area contributed by atoms with Crippen LogP contribution in [0.2, 0.25) is 0 Å². The number of anilines is 1. The largest absolute Gasteiger partial charge is 0.381 e. The molecule has 0 unspecified atom stereocenters. The summed E-state index contributed by atoms with van der Waals surface area (Å²) in [6.07, 6.45) is 1.62. The number of Topliss-reactive ketones (excluding diaryl/α,β-unsaturated/α-hetero) is 1. The number of carbonyl (C=O) groups excluding carboxylic acids is 2. The van der Waals surface area contributed by atoms with Gasteiger partial charge in [0, 0.05) is 13.0 Å². The van der Waals surface area contributed by atoms with Crippen LogP contribution in [-0.2, 0) is 16.0 Å². The average Bonchev–Trinajstić information content (AvgIpc) is 2.70. The van der Waals surface area contributed by atoms with Gasteiger partial charge in [-0.05, 0) is 18.8 Å². The second-order valence-electron chi connectivity index (χ2n) is 5.73. The van der Waals surface area contributed by atoms with E-state index in [4.69, 9.17) is 4.74 Å². The summed E-state index contributed by atoms with van der Waals surface area (Å²) in [5, 5.41) is 3.26. The van der Waals surface area contributed by atoms with Gasteiger partial charge in [0.15, 0.2) is 10.9 Å². The molecule has 1 aliphatic carbocycles. The van der Waals surface area contributed by atoms with Gasteiger partial charge in [0.2, 0.25) is 5.91 Å². The quantitative estimate of drug-likeness (QED) is 0.848. The third-order valence-corrected chi connectivity index (χ3v) is 4.21. The number of hydrogen-bond acceptors (Lipinski definition) is 5. The summed E-state index contributed by atoms with van der Waals surface area (Å²) < 4.78 is 5.14. The van der Waals surface area contributed by atoms with E-state index < -0.39 is 0 Å². The summed E-state index contributed by atoms with van der Waals surface area (Å²) in [7, 11) is 0. The molecule has 20 heavy (non-hydrogen) atoms. The molecule has 0 aliphatic heterocycles. The molecule has 2 rings (SSSR count). The van der Waals surface area contributed by atoms with Crippen LogP contribution in [0.5, 0.6) is 0 Å². The average molecular weight is 296 g/mol. The van der Waals surface area contributed by atoms with Crippen molar-refractivity contribution in [3.05, 3.63) is 10.6 Å². The lowest BCUT2D eigenvalue weighted by Gasteiger charge is -2.26. The number of aromatic nitrogens is 1. The number of rotatable bonds is 5. The van der Waals surface area contributed by atoms with Crippen molar-refractivity contribution in [1.29, 1.82) is 0 Å². The molecule has 0 saturated heterocycles. The Morgan fingerprint density at radius 1 is 1.45 bits per heavy atom. The second kappa shape index (κ2) is 6.01. The Morgan fingerprint density at radius 2 is 2.20 bits per heavy atom. The SMILES string of the molecule is CCOCCC(=O)Nc1nc2c(s1)C(=O)CC(C)(C)C2. The Labute approximate surface area is 122 Å². The lowest BCUT2D eigenvalue weighted by Crippen LogP contribution is -2.26. The van der Waals surface area contributed by atoms with Crippen molar-refractivity contribution in [2.24, 2.45) is 5.41 Å². The summed E-state index contributed by atoms with van der Waals surface area (Å²) in [6.45, 7) is 7.02. The van der Waals surface area contributed by atoms with Crippen molar-refractivity contribution in [2.75, 3.05) is 18.5 Å². The van der Waals surface area contributed by atoms with Crippen molar-refractivity contribution < 1.29 is 14.3 Å². The smallest absolute Gasteiger partial charge is 0.228 e. The first-order valence-electron chi connectivity index (χ1n) is 6.82. The minimum Gasteiger partial charge on any atom is -0.381 e. The van der Waals surface area contributed by atoms with Crippen LogP contribution in [0.1, 0.15) is 49.0 Å². The number of nitrogens with one attached hydrogen (secondary N) is 1. The first-order valence-corrected chi connectivity index (χ1v) is 7.63. The van der Waals surface area contributed by atoms with Gasteiger partial charge in [-0.15, -0.1) is 0 Å². The molecule has 1 N–H and O–H groups in total. The predicted molar refractivity (Wildman–Crippen MR) is 78.3 cm³/mol. The lowest BCUT2D eigenvalue weighted by atomic mass is 9.78. The third kappa shape index (κ3) is 3.64. The highest BCUT2D eigenvalue weighted by Crippen LogP contribution is 2.38. The molecule has 1 heterocycles. The van der Waals surface area contributed by atoms with Gasteiger partial charge in [-0.2, -0.15) is 0 Å². The van der Waals surface area contributed by atoms with E-state index in [2.05, 4.69) is 24.1 Å². The summed E-state index contributed by atoms with van der Waals surface area (Å²) in [5.41, 5.74) is 0.769. The zero-order valence-corrected chi connectivity index (χ0v) is 12.9. The van der Waals surface area contributed by atoms with E-state index in [1.54, 1.807) is 0 Å².